The molecule has 1 aromatic heterocycles. The SMILES string of the molecule is CCCn1c(=O)c2ccccc2n(CC(=O)Nc2ccc(OC)c(F)c2)c1=O. The number of para-hydroxylation sites is 1. The second kappa shape index (κ2) is 8.08. The first-order chi connectivity index (χ1) is 13.5. The summed E-state index contributed by atoms with van der Waals surface area (Å²) in [6.45, 7) is 1.81. The van der Waals surface area contributed by atoms with Crippen LogP contribution in [-0.2, 0) is 17.9 Å². The number of anilines is 1. The number of benzene rings is 2. The van der Waals surface area contributed by atoms with E-state index in [4.69, 9.17) is 4.74 Å². The molecule has 0 radical (unpaired) electrons. The molecule has 146 valence electrons. The van der Waals surface area contributed by atoms with Gasteiger partial charge in [-0.3, -0.25) is 18.7 Å². The van der Waals surface area contributed by atoms with E-state index in [2.05, 4.69) is 5.32 Å². The van der Waals surface area contributed by atoms with Crippen molar-refractivity contribution < 1.29 is 13.9 Å². The van der Waals surface area contributed by atoms with Crippen LogP contribution in [0.1, 0.15) is 13.3 Å². The highest BCUT2D eigenvalue weighted by Gasteiger charge is 2.15. The number of ether oxygens (including phenoxy) is 1. The molecule has 1 heterocycles. The highest BCUT2D eigenvalue weighted by atomic mass is 19.1. The molecule has 0 spiro atoms. The summed E-state index contributed by atoms with van der Waals surface area (Å²) >= 11 is 0. The minimum Gasteiger partial charge on any atom is -0.494 e. The van der Waals surface area contributed by atoms with Crippen LogP contribution in [-0.4, -0.2) is 22.2 Å². The molecule has 3 rings (SSSR count). The second-order valence-electron chi connectivity index (χ2n) is 6.24. The van der Waals surface area contributed by atoms with E-state index >= 15 is 0 Å². The molecule has 0 fully saturated rings. The van der Waals surface area contributed by atoms with Crippen LogP contribution < -0.4 is 21.3 Å². The van der Waals surface area contributed by atoms with E-state index in [1.807, 2.05) is 6.92 Å². The zero-order chi connectivity index (χ0) is 20.3. The predicted octanol–water partition coefficient (Wildman–Crippen LogP) is 2.36. The van der Waals surface area contributed by atoms with Crippen molar-refractivity contribution in [2.45, 2.75) is 26.4 Å². The molecule has 2 aromatic carbocycles. The fraction of sp³-hybridized carbons (Fsp3) is 0.250. The van der Waals surface area contributed by atoms with Crippen LogP contribution in [0.2, 0.25) is 0 Å². The normalized spacial score (nSPS) is 10.8. The van der Waals surface area contributed by atoms with Crippen LogP contribution in [0.4, 0.5) is 10.1 Å². The summed E-state index contributed by atoms with van der Waals surface area (Å²) in [5.74, 6) is -1.07. The fourth-order valence-corrected chi connectivity index (χ4v) is 3.03. The van der Waals surface area contributed by atoms with Gasteiger partial charge in [0.1, 0.15) is 6.54 Å². The number of methoxy groups -OCH3 is 1. The Bertz CT molecular complexity index is 1150. The summed E-state index contributed by atoms with van der Waals surface area (Å²) < 4.78 is 21.0. The Balaban J connectivity index is 1.97. The molecule has 0 bridgehead atoms. The molecule has 7 nitrogen and oxygen atoms in total. The molecule has 3 aromatic rings. The Morgan fingerprint density at radius 3 is 2.57 bits per heavy atom. The van der Waals surface area contributed by atoms with Crippen LogP contribution in [0.3, 0.4) is 0 Å². The number of amides is 1. The smallest absolute Gasteiger partial charge is 0.331 e. The van der Waals surface area contributed by atoms with Crippen LogP contribution in [0.15, 0.2) is 52.1 Å². The van der Waals surface area contributed by atoms with E-state index in [-0.39, 0.29) is 30.1 Å². The summed E-state index contributed by atoms with van der Waals surface area (Å²) in [5, 5.41) is 2.92. The van der Waals surface area contributed by atoms with Crippen molar-refractivity contribution in [3.05, 3.63) is 69.1 Å². The second-order valence-corrected chi connectivity index (χ2v) is 6.24. The first-order valence-electron chi connectivity index (χ1n) is 8.82. The summed E-state index contributed by atoms with van der Waals surface area (Å²) in [6.07, 6.45) is 0.602. The molecule has 0 aliphatic carbocycles. The van der Waals surface area contributed by atoms with Gasteiger partial charge in [-0.15, -0.1) is 0 Å². The number of aromatic nitrogens is 2. The standard InChI is InChI=1S/C20H20FN3O4/c1-3-10-23-19(26)14-6-4-5-7-16(14)24(20(23)27)12-18(25)22-13-8-9-17(28-2)15(21)11-13/h4-9,11H,3,10,12H2,1-2H3,(H,22,25). The predicted molar refractivity (Wildman–Crippen MR) is 104 cm³/mol. The average molecular weight is 385 g/mol. The number of nitrogens with one attached hydrogen (secondary N) is 1. The van der Waals surface area contributed by atoms with Crippen LogP contribution in [0.5, 0.6) is 5.75 Å². The molecule has 1 amide bonds. The number of carbonyl (C=O) groups is 1. The highest BCUT2D eigenvalue weighted by molar-refractivity contribution is 5.91. The molecule has 0 aliphatic rings. The topological polar surface area (TPSA) is 82.3 Å². The van der Waals surface area contributed by atoms with Gasteiger partial charge in [0.05, 0.1) is 18.0 Å². The molecular weight excluding hydrogens is 365 g/mol. The Morgan fingerprint density at radius 2 is 1.89 bits per heavy atom. The van der Waals surface area contributed by atoms with Crippen molar-refractivity contribution in [3.63, 3.8) is 0 Å². The zero-order valence-electron chi connectivity index (χ0n) is 15.6. The van der Waals surface area contributed by atoms with Crippen LogP contribution in [0, 0.1) is 5.82 Å². The van der Waals surface area contributed by atoms with E-state index in [1.165, 1.54) is 23.8 Å². The lowest BCUT2D eigenvalue weighted by atomic mass is 10.2. The lowest BCUT2D eigenvalue weighted by Gasteiger charge is -2.14. The summed E-state index contributed by atoms with van der Waals surface area (Å²) in [6, 6.07) is 10.7. The minimum atomic E-state index is -0.612. The van der Waals surface area contributed by atoms with Gasteiger partial charge < -0.3 is 10.1 Å². The molecule has 0 saturated heterocycles. The quantitative estimate of drug-likeness (QED) is 0.706. The zero-order valence-corrected chi connectivity index (χ0v) is 15.6. The van der Waals surface area contributed by atoms with Crippen LogP contribution >= 0.6 is 0 Å². The van der Waals surface area contributed by atoms with Gasteiger partial charge >= 0.3 is 5.69 Å². The first-order valence-corrected chi connectivity index (χ1v) is 8.82. The Kier molecular flexibility index (Phi) is 5.58. The third-order valence-electron chi connectivity index (χ3n) is 4.32. The largest absolute Gasteiger partial charge is 0.494 e. The molecule has 0 aliphatic heterocycles. The van der Waals surface area contributed by atoms with E-state index < -0.39 is 17.4 Å². The van der Waals surface area contributed by atoms with Gasteiger partial charge in [-0.1, -0.05) is 19.1 Å². The molecule has 0 atom stereocenters. The minimum absolute atomic E-state index is 0.0619. The number of nitrogens with zero attached hydrogens (tertiary/aromatic N) is 2. The molecule has 0 saturated carbocycles. The first kappa shape index (κ1) is 19.3. The van der Waals surface area contributed by atoms with Gasteiger partial charge in [0, 0.05) is 18.3 Å². The van der Waals surface area contributed by atoms with Gasteiger partial charge in [-0.05, 0) is 30.7 Å². The Labute approximate surface area is 160 Å². The van der Waals surface area contributed by atoms with Gasteiger partial charge in [0.25, 0.3) is 5.56 Å². The monoisotopic (exact) mass is 385 g/mol. The summed E-state index contributed by atoms with van der Waals surface area (Å²) in [4.78, 5) is 37.8. The van der Waals surface area contributed by atoms with Gasteiger partial charge in [0.15, 0.2) is 11.6 Å². The maximum absolute atomic E-state index is 13.8. The van der Waals surface area contributed by atoms with Gasteiger partial charge in [0.2, 0.25) is 5.91 Å². The van der Waals surface area contributed by atoms with Crippen molar-refractivity contribution in [2.75, 3.05) is 12.4 Å². The third-order valence-corrected chi connectivity index (χ3v) is 4.32. The maximum Gasteiger partial charge on any atom is 0.331 e. The lowest BCUT2D eigenvalue weighted by Crippen LogP contribution is -2.41. The fourth-order valence-electron chi connectivity index (χ4n) is 3.03. The average Bonchev–Trinajstić information content (AvgIpc) is 2.68. The number of fused-ring (bicyclic) bond motifs is 1. The summed E-state index contributed by atoms with van der Waals surface area (Å²) in [7, 11) is 1.35. The Hall–Kier alpha value is -3.42. The van der Waals surface area contributed by atoms with Crippen molar-refractivity contribution in [3.8, 4) is 5.75 Å². The maximum atomic E-state index is 13.8. The van der Waals surface area contributed by atoms with E-state index in [1.54, 1.807) is 24.3 Å². The molecule has 8 heteroatoms. The number of rotatable bonds is 6. The third kappa shape index (κ3) is 3.66. The number of halogens is 1. The number of carbonyl (C=O) groups excluding carboxylic acids is 1. The van der Waals surface area contributed by atoms with E-state index in [9.17, 15) is 18.8 Å². The number of hydrogen-bond donors (Lipinski definition) is 1. The van der Waals surface area contributed by atoms with Crippen molar-refractivity contribution in [1.82, 2.24) is 9.13 Å². The molecule has 0 unspecified atom stereocenters. The number of hydrogen-bond acceptors (Lipinski definition) is 4. The molecule has 1 N–H and O–H groups in total. The summed E-state index contributed by atoms with van der Waals surface area (Å²) in [5.41, 5.74) is -0.318. The Morgan fingerprint density at radius 1 is 1.14 bits per heavy atom. The van der Waals surface area contributed by atoms with Crippen molar-refractivity contribution in [2.24, 2.45) is 0 Å². The van der Waals surface area contributed by atoms with Gasteiger partial charge in [-0.2, -0.15) is 0 Å². The van der Waals surface area contributed by atoms with E-state index in [0.29, 0.717) is 17.3 Å². The molecular formula is C20H20FN3O4. The van der Waals surface area contributed by atoms with E-state index in [0.717, 1.165) is 10.6 Å². The van der Waals surface area contributed by atoms with Gasteiger partial charge in [-0.25, -0.2) is 9.18 Å². The molecule has 28 heavy (non-hydrogen) atoms. The van der Waals surface area contributed by atoms with Crippen molar-refractivity contribution in [1.29, 1.82) is 0 Å². The van der Waals surface area contributed by atoms with Crippen molar-refractivity contribution >= 4 is 22.5 Å². The lowest BCUT2D eigenvalue weighted by molar-refractivity contribution is -0.116. The highest BCUT2D eigenvalue weighted by Crippen LogP contribution is 2.20. The van der Waals surface area contributed by atoms with Crippen LogP contribution in [0.25, 0.3) is 10.9 Å².